The zero-order valence-corrected chi connectivity index (χ0v) is 16.9. The topological polar surface area (TPSA) is 120 Å². The number of carbonyl (C=O) groups excluding carboxylic acids is 3. The zero-order valence-electron chi connectivity index (χ0n) is 16.9. The Morgan fingerprint density at radius 1 is 1.03 bits per heavy atom. The average molecular weight is 413 g/mol. The molecule has 160 valence electrons. The van der Waals surface area contributed by atoms with Crippen LogP contribution in [0, 0.1) is 6.92 Å². The summed E-state index contributed by atoms with van der Waals surface area (Å²) < 4.78 is 10.7. The van der Waals surface area contributed by atoms with Crippen molar-refractivity contribution in [3.63, 3.8) is 0 Å². The second-order valence-electron chi connectivity index (χ2n) is 6.72. The number of amides is 3. The maximum Gasteiger partial charge on any atom is 0.408 e. The molecule has 1 atom stereocenters. The first-order valence-electron chi connectivity index (χ1n) is 9.66. The number of primary amides is 1. The van der Waals surface area contributed by atoms with Crippen LogP contribution < -0.4 is 21.1 Å². The number of benzene rings is 2. The number of alkyl carbamates (subject to hydrolysis) is 1. The Labute approximate surface area is 175 Å². The molecule has 0 unspecified atom stereocenters. The molecular weight excluding hydrogens is 386 g/mol. The Kier molecular flexibility index (Phi) is 9.18. The predicted molar refractivity (Wildman–Crippen MR) is 112 cm³/mol. The Balaban J connectivity index is 1.79. The predicted octanol–water partition coefficient (Wildman–Crippen LogP) is 2.05. The maximum atomic E-state index is 12.4. The van der Waals surface area contributed by atoms with Crippen LogP contribution >= 0.6 is 0 Å². The van der Waals surface area contributed by atoms with Crippen molar-refractivity contribution in [2.75, 3.05) is 13.2 Å². The zero-order chi connectivity index (χ0) is 21.8. The number of rotatable bonds is 11. The molecule has 0 aliphatic carbocycles. The quantitative estimate of drug-likeness (QED) is 0.487. The van der Waals surface area contributed by atoms with Crippen molar-refractivity contribution in [2.24, 2.45) is 5.73 Å². The minimum absolute atomic E-state index is 0.0447. The summed E-state index contributed by atoms with van der Waals surface area (Å²) in [5, 5.41) is 5.17. The highest BCUT2D eigenvalue weighted by molar-refractivity contribution is 5.86. The minimum Gasteiger partial charge on any atom is -0.492 e. The van der Waals surface area contributed by atoms with Crippen LogP contribution in [0.2, 0.25) is 0 Å². The van der Waals surface area contributed by atoms with E-state index in [0.717, 1.165) is 11.1 Å². The molecular formula is C22H27N3O5. The maximum absolute atomic E-state index is 12.4. The third kappa shape index (κ3) is 8.64. The highest BCUT2D eigenvalue weighted by Crippen LogP contribution is 2.10. The molecule has 0 heterocycles. The molecule has 0 fully saturated rings. The minimum atomic E-state index is -0.944. The second-order valence-corrected chi connectivity index (χ2v) is 6.72. The van der Waals surface area contributed by atoms with Crippen molar-refractivity contribution in [1.29, 1.82) is 0 Å². The SMILES string of the molecule is Cc1ccc(OCCNC(=O)[C@H](CCC(N)=O)NC(=O)OCc2ccccc2)cc1. The summed E-state index contributed by atoms with van der Waals surface area (Å²) in [4.78, 5) is 35.6. The van der Waals surface area contributed by atoms with Gasteiger partial charge in [-0.2, -0.15) is 0 Å². The molecule has 0 saturated carbocycles. The lowest BCUT2D eigenvalue weighted by Crippen LogP contribution is -2.48. The molecule has 0 aromatic heterocycles. The van der Waals surface area contributed by atoms with E-state index in [9.17, 15) is 14.4 Å². The number of aryl methyl sites for hydroxylation is 1. The standard InChI is InChI=1S/C22H27N3O5/c1-16-7-9-18(10-8-16)29-14-13-24-21(27)19(11-12-20(23)26)25-22(28)30-15-17-5-3-2-4-6-17/h2-10,19H,11-15H2,1H3,(H2,23,26)(H,24,27)(H,25,28)/t19-/m0/s1. The largest absolute Gasteiger partial charge is 0.492 e. The molecule has 0 aliphatic heterocycles. The number of nitrogens with one attached hydrogen (secondary N) is 2. The molecule has 0 spiro atoms. The molecule has 4 N–H and O–H groups in total. The molecule has 2 aromatic carbocycles. The number of hydrogen-bond donors (Lipinski definition) is 3. The van der Waals surface area contributed by atoms with Crippen LogP contribution in [0.25, 0.3) is 0 Å². The van der Waals surface area contributed by atoms with Crippen LogP contribution in [0.5, 0.6) is 5.75 Å². The number of carbonyl (C=O) groups is 3. The molecule has 3 amide bonds. The second kappa shape index (κ2) is 12.1. The van der Waals surface area contributed by atoms with Crippen LogP contribution in [0.1, 0.15) is 24.0 Å². The van der Waals surface area contributed by atoms with Crippen LogP contribution in [-0.2, 0) is 20.9 Å². The fourth-order valence-corrected chi connectivity index (χ4v) is 2.56. The van der Waals surface area contributed by atoms with Crippen molar-refractivity contribution in [1.82, 2.24) is 10.6 Å². The van der Waals surface area contributed by atoms with Gasteiger partial charge in [-0.3, -0.25) is 9.59 Å². The van der Waals surface area contributed by atoms with Crippen LogP contribution in [0.3, 0.4) is 0 Å². The lowest BCUT2D eigenvalue weighted by atomic mass is 10.1. The molecule has 0 bridgehead atoms. The normalized spacial score (nSPS) is 11.2. The summed E-state index contributed by atoms with van der Waals surface area (Å²) in [5.74, 6) is -0.307. The summed E-state index contributed by atoms with van der Waals surface area (Å²) >= 11 is 0. The summed E-state index contributed by atoms with van der Waals surface area (Å²) in [7, 11) is 0. The van der Waals surface area contributed by atoms with Crippen LogP contribution in [0.4, 0.5) is 4.79 Å². The van der Waals surface area contributed by atoms with Gasteiger partial charge in [0.25, 0.3) is 0 Å². The van der Waals surface area contributed by atoms with Gasteiger partial charge in [0, 0.05) is 6.42 Å². The van der Waals surface area contributed by atoms with E-state index in [2.05, 4.69) is 10.6 Å². The molecule has 0 saturated heterocycles. The van der Waals surface area contributed by atoms with Crippen molar-refractivity contribution in [2.45, 2.75) is 32.4 Å². The van der Waals surface area contributed by atoms with Gasteiger partial charge in [-0.05, 0) is 31.0 Å². The molecule has 30 heavy (non-hydrogen) atoms. The van der Waals surface area contributed by atoms with Gasteiger partial charge in [-0.15, -0.1) is 0 Å². The van der Waals surface area contributed by atoms with Crippen molar-refractivity contribution in [3.05, 3.63) is 65.7 Å². The summed E-state index contributed by atoms with van der Waals surface area (Å²) in [6.07, 6.45) is -0.725. The fourth-order valence-electron chi connectivity index (χ4n) is 2.56. The lowest BCUT2D eigenvalue weighted by molar-refractivity contribution is -0.123. The molecule has 0 radical (unpaired) electrons. The van der Waals surface area contributed by atoms with Gasteiger partial charge in [0.1, 0.15) is 25.0 Å². The van der Waals surface area contributed by atoms with Gasteiger partial charge in [-0.1, -0.05) is 48.0 Å². The van der Waals surface area contributed by atoms with E-state index in [1.807, 2.05) is 61.5 Å². The van der Waals surface area contributed by atoms with Crippen LogP contribution in [0.15, 0.2) is 54.6 Å². The van der Waals surface area contributed by atoms with Gasteiger partial charge in [0.05, 0.1) is 6.54 Å². The highest BCUT2D eigenvalue weighted by atomic mass is 16.5. The Morgan fingerprint density at radius 2 is 1.73 bits per heavy atom. The monoisotopic (exact) mass is 413 g/mol. The third-order valence-corrected chi connectivity index (χ3v) is 4.19. The average Bonchev–Trinajstić information content (AvgIpc) is 2.74. The smallest absolute Gasteiger partial charge is 0.408 e. The molecule has 8 heteroatoms. The van der Waals surface area contributed by atoms with E-state index in [-0.39, 0.29) is 32.6 Å². The summed E-state index contributed by atoms with van der Waals surface area (Å²) in [6.45, 7) is 2.55. The lowest BCUT2D eigenvalue weighted by Gasteiger charge is -2.18. The van der Waals surface area contributed by atoms with Crippen molar-refractivity contribution < 1.29 is 23.9 Å². The number of nitrogens with two attached hydrogens (primary N) is 1. The van der Waals surface area contributed by atoms with E-state index in [1.165, 1.54) is 0 Å². The van der Waals surface area contributed by atoms with Crippen LogP contribution in [-0.4, -0.2) is 37.1 Å². The molecule has 2 rings (SSSR count). The first kappa shape index (κ1) is 22.7. The first-order chi connectivity index (χ1) is 14.4. The van der Waals surface area contributed by atoms with E-state index >= 15 is 0 Å². The molecule has 2 aromatic rings. The Hall–Kier alpha value is -3.55. The summed E-state index contributed by atoms with van der Waals surface area (Å²) in [6, 6.07) is 15.8. The van der Waals surface area contributed by atoms with E-state index in [1.54, 1.807) is 0 Å². The van der Waals surface area contributed by atoms with Crippen molar-refractivity contribution >= 4 is 17.9 Å². The van der Waals surface area contributed by atoms with E-state index in [4.69, 9.17) is 15.2 Å². The first-order valence-corrected chi connectivity index (χ1v) is 9.66. The fraction of sp³-hybridized carbons (Fsp3) is 0.318. The van der Waals surface area contributed by atoms with Gasteiger partial charge in [0.2, 0.25) is 11.8 Å². The van der Waals surface area contributed by atoms with Gasteiger partial charge in [0.15, 0.2) is 0 Å². The van der Waals surface area contributed by atoms with Gasteiger partial charge < -0.3 is 25.8 Å². The Morgan fingerprint density at radius 3 is 2.40 bits per heavy atom. The molecule has 8 nitrogen and oxygen atoms in total. The van der Waals surface area contributed by atoms with Gasteiger partial charge >= 0.3 is 6.09 Å². The van der Waals surface area contributed by atoms with Crippen molar-refractivity contribution in [3.8, 4) is 5.75 Å². The van der Waals surface area contributed by atoms with Gasteiger partial charge in [-0.25, -0.2) is 4.79 Å². The Bertz CT molecular complexity index is 824. The highest BCUT2D eigenvalue weighted by Gasteiger charge is 2.22. The summed E-state index contributed by atoms with van der Waals surface area (Å²) in [5.41, 5.74) is 7.11. The molecule has 0 aliphatic rings. The van der Waals surface area contributed by atoms with E-state index < -0.39 is 23.9 Å². The van der Waals surface area contributed by atoms with E-state index in [0.29, 0.717) is 5.75 Å². The third-order valence-electron chi connectivity index (χ3n) is 4.19. The number of hydrogen-bond acceptors (Lipinski definition) is 5. The number of ether oxygens (including phenoxy) is 2.